The molecule has 1 heterocycles. The van der Waals surface area contributed by atoms with E-state index in [2.05, 4.69) is 32.8 Å². The highest BCUT2D eigenvalue weighted by molar-refractivity contribution is 5.60. The largest absolute Gasteiger partial charge is 0.388 e. The van der Waals surface area contributed by atoms with Crippen molar-refractivity contribution in [3.05, 3.63) is 0 Å². The molecular formula is C19H39NO5. The third kappa shape index (κ3) is 8.60. The number of ether oxygens (including phenoxy) is 1. The average Bonchev–Trinajstić information content (AvgIpc) is 2.44. The maximum absolute atomic E-state index is 9.88. The third-order valence-electron chi connectivity index (χ3n) is 4.36. The van der Waals surface area contributed by atoms with Crippen molar-refractivity contribution in [3.8, 4) is 0 Å². The van der Waals surface area contributed by atoms with Crippen LogP contribution in [-0.2, 0) is 14.4 Å². The molecule has 1 aliphatic heterocycles. The summed E-state index contributed by atoms with van der Waals surface area (Å²) >= 11 is 0. The lowest BCUT2D eigenvalue weighted by Crippen LogP contribution is -2.63. The van der Waals surface area contributed by atoms with Crippen LogP contribution < -0.4 is 0 Å². The van der Waals surface area contributed by atoms with Crippen molar-refractivity contribution in [1.29, 1.82) is 0 Å². The highest BCUT2D eigenvalue weighted by atomic mass is 16.7. The molecule has 25 heavy (non-hydrogen) atoms. The fourth-order valence-corrected chi connectivity index (χ4v) is 3.02. The van der Waals surface area contributed by atoms with E-state index in [0.29, 0.717) is 12.9 Å². The Kier molecular flexibility index (Phi) is 8.72. The Bertz CT molecular complexity index is 411. The number of hydrogen-bond donors (Lipinski definition) is 2. The summed E-state index contributed by atoms with van der Waals surface area (Å²) in [5.74, 6) is 0. The molecule has 0 aromatic rings. The monoisotopic (exact) mass is 361 g/mol. The van der Waals surface area contributed by atoms with Gasteiger partial charge in [-0.1, -0.05) is 6.92 Å². The van der Waals surface area contributed by atoms with Gasteiger partial charge in [0, 0.05) is 18.2 Å². The van der Waals surface area contributed by atoms with Crippen LogP contribution in [0.15, 0.2) is 0 Å². The standard InChI is InChI=1S/C15H31NO3.C4H8O2/c1-8-15(6)10-12(18-7)9-13(2,3)16(15)19-11-14(4,5)17;1-4(2,6)3-5/h12,17H,8-11H2,1-7H3;3,6H,1-2H3. The molecule has 0 spiro atoms. The van der Waals surface area contributed by atoms with Gasteiger partial charge in [0.15, 0.2) is 6.29 Å². The van der Waals surface area contributed by atoms with Crippen molar-refractivity contribution in [2.75, 3.05) is 13.7 Å². The second-order valence-electron chi connectivity index (χ2n) is 9.08. The molecule has 2 atom stereocenters. The average molecular weight is 362 g/mol. The molecule has 150 valence electrons. The van der Waals surface area contributed by atoms with Gasteiger partial charge in [-0.25, -0.2) is 0 Å². The van der Waals surface area contributed by atoms with Crippen LogP contribution in [0.4, 0.5) is 0 Å². The molecule has 0 aromatic carbocycles. The molecule has 2 N–H and O–H groups in total. The summed E-state index contributed by atoms with van der Waals surface area (Å²) in [5.41, 5.74) is -2.12. The number of hydroxylamine groups is 2. The molecule has 0 bridgehead atoms. The first-order chi connectivity index (χ1) is 11.1. The van der Waals surface area contributed by atoms with Crippen LogP contribution in [0, 0.1) is 0 Å². The number of rotatable bonds is 6. The SMILES string of the molecule is CC(C)(O)C=O.CCC1(C)CC(OC)CC(C)(C)N1OCC(C)(C)O. The van der Waals surface area contributed by atoms with Gasteiger partial charge < -0.3 is 19.7 Å². The summed E-state index contributed by atoms with van der Waals surface area (Å²) in [6, 6.07) is 0. The minimum atomic E-state index is -1.14. The number of carbonyl (C=O) groups excluding carboxylic acids is 1. The van der Waals surface area contributed by atoms with Crippen LogP contribution in [0.5, 0.6) is 0 Å². The lowest BCUT2D eigenvalue weighted by atomic mass is 9.78. The van der Waals surface area contributed by atoms with E-state index in [1.165, 1.54) is 13.8 Å². The van der Waals surface area contributed by atoms with E-state index in [9.17, 15) is 9.90 Å². The van der Waals surface area contributed by atoms with Crippen LogP contribution in [0.2, 0.25) is 0 Å². The van der Waals surface area contributed by atoms with Gasteiger partial charge in [0.2, 0.25) is 0 Å². The second kappa shape index (κ2) is 8.91. The van der Waals surface area contributed by atoms with Crippen LogP contribution in [-0.4, -0.2) is 63.7 Å². The molecular weight excluding hydrogens is 322 g/mol. The van der Waals surface area contributed by atoms with E-state index in [-0.39, 0.29) is 17.2 Å². The zero-order chi connectivity index (χ0) is 20.1. The number of hydrogen-bond acceptors (Lipinski definition) is 6. The Morgan fingerprint density at radius 2 is 1.64 bits per heavy atom. The molecule has 0 radical (unpaired) electrons. The maximum atomic E-state index is 9.88. The summed E-state index contributed by atoms with van der Waals surface area (Å²) in [7, 11) is 1.78. The van der Waals surface area contributed by atoms with Crippen molar-refractivity contribution in [1.82, 2.24) is 5.06 Å². The fourth-order valence-electron chi connectivity index (χ4n) is 3.02. The highest BCUT2D eigenvalue weighted by Crippen LogP contribution is 2.41. The van der Waals surface area contributed by atoms with Crippen LogP contribution in [0.25, 0.3) is 0 Å². The Balaban J connectivity index is 0.000000823. The summed E-state index contributed by atoms with van der Waals surface area (Å²) in [5, 5.41) is 20.4. The quantitative estimate of drug-likeness (QED) is 0.708. The molecule has 1 saturated heterocycles. The molecule has 2 unspecified atom stereocenters. The first kappa shape index (κ1) is 24.5. The van der Waals surface area contributed by atoms with Gasteiger partial charge in [-0.2, -0.15) is 5.06 Å². The normalized spacial score (nSPS) is 27.4. The first-order valence-corrected chi connectivity index (χ1v) is 8.97. The molecule has 6 nitrogen and oxygen atoms in total. The number of carbonyl (C=O) groups is 1. The third-order valence-corrected chi connectivity index (χ3v) is 4.36. The molecule has 0 amide bonds. The molecule has 6 heteroatoms. The van der Waals surface area contributed by atoms with Gasteiger partial charge in [-0.15, -0.1) is 0 Å². The maximum Gasteiger partial charge on any atom is 0.150 e. The van der Waals surface area contributed by atoms with Gasteiger partial charge in [-0.3, -0.25) is 4.84 Å². The summed E-state index contributed by atoms with van der Waals surface area (Å²) < 4.78 is 5.59. The second-order valence-corrected chi connectivity index (χ2v) is 9.08. The van der Waals surface area contributed by atoms with E-state index in [4.69, 9.17) is 14.7 Å². The molecule has 0 aromatic heterocycles. The molecule has 1 fully saturated rings. The van der Waals surface area contributed by atoms with Gasteiger partial charge in [-0.05, 0) is 67.7 Å². The van der Waals surface area contributed by atoms with Crippen LogP contribution in [0.1, 0.15) is 74.7 Å². The van der Waals surface area contributed by atoms with E-state index in [1.54, 1.807) is 21.0 Å². The highest BCUT2D eigenvalue weighted by Gasteiger charge is 2.48. The number of aliphatic hydroxyl groups is 2. The van der Waals surface area contributed by atoms with E-state index < -0.39 is 11.2 Å². The lowest BCUT2D eigenvalue weighted by molar-refractivity contribution is -0.311. The van der Waals surface area contributed by atoms with Crippen molar-refractivity contribution in [2.24, 2.45) is 0 Å². The van der Waals surface area contributed by atoms with Crippen LogP contribution in [0.3, 0.4) is 0 Å². The van der Waals surface area contributed by atoms with E-state index in [0.717, 1.165) is 19.3 Å². The Morgan fingerprint density at radius 1 is 1.16 bits per heavy atom. The van der Waals surface area contributed by atoms with Gasteiger partial charge in [0.1, 0.15) is 5.60 Å². The van der Waals surface area contributed by atoms with Crippen LogP contribution >= 0.6 is 0 Å². The Hall–Kier alpha value is -0.530. The zero-order valence-corrected chi connectivity index (χ0v) is 17.5. The van der Waals surface area contributed by atoms with Gasteiger partial charge in [0.05, 0.1) is 18.3 Å². The minimum Gasteiger partial charge on any atom is -0.388 e. The van der Waals surface area contributed by atoms with Crippen molar-refractivity contribution in [3.63, 3.8) is 0 Å². The zero-order valence-electron chi connectivity index (χ0n) is 17.5. The number of aldehydes is 1. The molecule has 0 aliphatic carbocycles. The molecule has 0 saturated carbocycles. The van der Waals surface area contributed by atoms with Gasteiger partial charge >= 0.3 is 0 Å². The Labute approximate surface area is 153 Å². The summed E-state index contributed by atoms with van der Waals surface area (Å²) in [4.78, 5) is 15.6. The number of piperidine rings is 1. The first-order valence-electron chi connectivity index (χ1n) is 8.97. The predicted molar refractivity (Wildman–Crippen MR) is 99.3 cm³/mol. The summed E-state index contributed by atoms with van der Waals surface area (Å²) in [6.07, 6.45) is 3.64. The molecule has 1 aliphatic rings. The lowest BCUT2D eigenvalue weighted by Gasteiger charge is -2.55. The Morgan fingerprint density at radius 3 is 1.96 bits per heavy atom. The smallest absolute Gasteiger partial charge is 0.150 e. The minimum absolute atomic E-state index is 0.0618. The number of methoxy groups -OCH3 is 1. The van der Waals surface area contributed by atoms with Gasteiger partial charge in [0.25, 0.3) is 0 Å². The van der Waals surface area contributed by atoms with E-state index in [1.807, 2.05) is 0 Å². The molecule has 1 rings (SSSR count). The topological polar surface area (TPSA) is 79.2 Å². The summed E-state index contributed by atoms with van der Waals surface area (Å²) in [6.45, 7) is 15.5. The van der Waals surface area contributed by atoms with Crippen molar-refractivity contribution >= 4 is 6.29 Å². The number of nitrogens with zero attached hydrogens (tertiary/aromatic N) is 1. The fraction of sp³-hybridized carbons (Fsp3) is 0.947. The predicted octanol–water partition coefficient (Wildman–Crippen LogP) is 2.70. The van der Waals surface area contributed by atoms with Crippen molar-refractivity contribution in [2.45, 2.75) is 103 Å². The van der Waals surface area contributed by atoms with Crippen molar-refractivity contribution < 1.29 is 24.6 Å². The van der Waals surface area contributed by atoms with E-state index >= 15 is 0 Å².